The van der Waals surface area contributed by atoms with Gasteiger partial charge in [-0.25, -0.2) is 9.36 Å². The highest BCUT2D eigenvalue weighted by atomic mass is 32.2. The summed E-state index contributed by atoms with van der Waals surface area (Å²) in [4.78, 5) is 28.7. The van der Waals surface area contributed by atoms with Gasteiger partial charge in [-0.1, -0.05) is 55.9 Å². The first-order valence-corrected chi connectivity index (χ1v) is 14.4. The molecular formula is C31H45N3O4S. The van der Waals surface area contributed by atoms with Gasteiger partial charge in [0.05, 0.1) is 16.2 Å². The molecule has 39 heavy (non-hydrogen) atoms. The lowest BCUT2D eigenvalue weighted by Crippen LogP contribution is -2.44. The first-order chi connectivity index (χ1) is 18.4. The van der Waals surface area contributed by atoms with Crippen molar-refractivity contribution in [2.24, 2.45) is 0 Å². The van der Waals surface area contributed by atoms with Gasteiger partial charge in [0.2, 0.25) is 0 Å². The fourth-order valence-electron chi connectivity index (χ4n) is 3.84. The Kier molecular flexibility index (Phi) is 11.9. The second-order valence-electron chi connectivity index (χ2n) is 11.0. The number of benzene rings is 2. The summed E-state index contributed by atoms with van der Waals surface area (Å²) in [5.41, 5.74) is 1.13. The van der Waals surface area contributed by atoms with E-state index in [4.69, 9.17) is 4.74 Å². The summed E-state index contributed by atoms with van der Waals surface area (Å²) in [6.45, 7) is 19.5. The SMILES string of the molecule is CC.CC(C)(C)OC=O.CN1CCN(c2cccc3cc(Sc4ccccc4)n(C(=O)OC(C)(C)C)c23)CC1. The predicted octanol–water partition coefficient (Wildman–Crippen LogP) is 7.31. The van der Waals surface area contributed by atoms with Gasteiger partial charge in [-0.3, -0.25) is 4.79 Å². The number of nitrogens with zero attached hydrogens (tertiary/aromatic N) is 3. The van der Waals surface area contributed by atoms with Crippen LogP contribution in [0.1, 0.15) is 55.4 Å². The second kappa shape index (κ2) is 14.4. The van der Waals surface area contributed by atoms with Crippen molar-refractivity contribution in [2.45, 2.75) is 76.5 Å². The van der Waals surface area contributed by atoms with Crippen LogP contribution in [0.5, 0.6) is 0 Å². The molecule has 0 N–H and O–H groups in total. The summed E-state index contributed by atoms with van der Waals surface area (Å²) < 4.78 is 12.1. The first kappa shape index (κ1) is 32.2. The van der Waals surface area contributed by atoms with E-state index >= 15 is 0 Å². The molecule has 214 valence electrons. The van der Waals surface area contributed by atoms with E-state index in [0.717, 1.165) is 52.7 Å². The molecule has 7 nitrogen and oxygen atoms in total. The van der Waals surface area contributed by atoms with Gasteiger partial charge >= 0.3 is 6.09 Å². The topological polar surface area (TPSA) is 64.0 Å². The number of hydrogen-bond donors (Lipinski definition) is 0. The zero-order valence-electron chi connectivity index (χ0n) is 25.0. The predicted molar refractivity (Wildman–Crippen MR) is 162 cm³/mol. The molecule has 0 aliphatic carbocycles. The summed E-state index contributed by atoms with van der Waals surface area (Å²) in [5, 5.41) is 1.92. The lowest BCUT2D eigenvalue weighted by atomic mass is 10.2. The number of aromatic nitrogens is 1. The van der Waals surface area contributed by atoms with Gasteiger partial charge in [0.1, 0.15) is 11.2 Å². The molecule has 3 aromatic rings. The molecule has 2 aromatic carbocycles. The summed E-state index contributed by atoms with van der Waals surface area (Å²) in [6.07, 6.45) is -0.336. The minimum Gasteiger partial charge on any atom is -0.462 e. The van der Waals surface area contributed by atoms with Crippen LogP contribution in [0.3, 0.4) is 0 Å². The van der Waals surface area contributed by atoms with Gasteiger partial charge in [0, 0.05) is 36.5 Å². The molecule has 1 saturated heterocycles. The molecule has 1 aliphatic rings. The lowest BCUT2D eigenvalue weighted by Gasteiger charge is -2.34. The van der Waals surface area contributed by atoms with Crippen LogP contribution in [0.2, 0.25) is 0 Å². The maximum absolute atomic E-state index is 13.3. The van der Waals surface area contributed by atoms with E-state index in [1.54, 1.807) is 16.3 Å². The van der Waals surface area contributed by atoms with Gasteiger partial charge < -0.3 is 19.3 Å². The number of para-hydroxylation sites is 1. The Labute approximate surface area is 238 Å². The highest BCUT2D eigenvalue weighted by molar-refractivity contribution is 7.99. The van der Waals surface area contributed by atoms with Crippen molar-refractivity contribution in [1.29, 1.82) is 0 Å². The number of carbonyl (C=O) groups is 2. The summed E-state index contributed by atoms with van der Waals surface area (Å²) in [7, 11) is 2.15. The Morgan fingerprint density at radius 2 is 1.49 bits per heavy atom. The van der Waals surface area contributed by atoms with Crippen LogP contribution in [0.25, 0.3) is 10.9 Å². The van der Waals surface area contributed by atoms with Crippen LogP contribution in [-0.4, -0.2) is 66.5 Å². The van der Waals surface area contributed by atoms with Gasteiger partial charge in [-0.2, -0.15) is 0 Å². The summed E-state index contributed by atoms with van der Waals surface area (Å²) >= 11 is 1.59. The molecule has 0 unspecified atom stereocenters. The van der Waals surface area contributed by atoms with E-state index in [0.29, 0.717) is 6.47 Å². The Bertz CT molecular complexity index is 1190. The number of fused-ring (bicyclic) bond motifs is 1. The minimum atomic E-state index is -0.564. The molecule has 1 fully saturated rings. The third kappa shape index (κ3) is 9.93. The molecule has 1 aromatic heterocycles. The Morgan fingerprint density at radius 3 is 2.00 bits per heavy atom. The molecule has 1 aliphatic heterocycles. The fourth-order valence-corrected chi connectivity index (χ4v) is 4.81. The van der Waals surface area contributed by atoms with Gasteiger partial charge in [0.25, 0.3) is 6.47 Å². The average molecular weight is 556 g/mol. The van der Waals surface area contributed by atoms with Crippen molar-refractivity contribution in [3.8, 4) is 0 Å². The van der Waals surface area contributed by atoms with Crippen LogP contribution in [0.4, 0.5) is 10.5 Å². The van der Waals surface area contributed by atoms with Crippen molar-refractivity contribution in [3.05, 3.63) is 54.6 Å². The van der Waals surface area contributed by atoms with E-state index in [2.05, 4.69) is 58.0 Å². The molecule has 4 rings (SSSR count). The largest absolute Gasteiger partial charge is 0.462 e. The van der Waals surface area contributed by atoms with Crippen molar-refractivity contribution >= 4 is 40.9 Å². The van der Waals surface area contributed by atoms with Crippen LogP contribution < -0.4 is 4.90 Å². The Balaban J connectivity index is 0.000000517. The molecule has 0 amide bonds. The maximum Gasteiger partial charge on any atom is 0.419 e. The molecule has 0 bridgehead atoms. The summed E-state index contributed by atoms with van der Waals surface area (Å²) in [6, 6.07) is 18.5. The van der Waals surface area contributed by atoms with Crippen LogP contribution in [-0.2, 0) is 14.3 Å². The minimum absolute atomic E-state index is 0.318. The molecular weight excluding hydrogens is 510 g/mol. The Hall–Kier alpha value is -2.97. The third-order valence-electron chi connectivity index (χ3n) is 5.56. The zero-order valence-corrected chi connectivity index (χ0v) is 25.8. The van der Waals surface area contributed by atoms with Crippen molar-refractivity contribution < 1.29 is 19.1 Å². The molecule has 8 heteroatoms. The molecule has 0 atom stereocenters. The maximum atomic E-state index is 13.3. The van der Waals surface area contributed by atoms with Gasteiger partial charge in [0.15, 0.2) is 0 Å². The van der Waals surface area contributed by atoms with E-state index in [9.17, 15) is 9.59 Å². The first-order valence-electron chi connectivity index (χ1n) is 13.5. The number of rotatable bonds is 4. The van der Waals surface area contributed by atoms with Gasteiger partial charge in [-0.15, -0.1) is 0 Å². The quantitative estimate of drug-likeness (QED) is 0.313. The average Bonchev–Trinajstić information content (AvgIpc) is 3.23. The molecule has 0 saturated carbocycles. The molecule has 0 radical (unpaired) electrons. The standard InChI is InChI=1S/C24H29N3O2S.C5H10O2.C2H6/c1-24(2,3)29-23(28)27-21(30-19-10-6-5-7-11-19)17-18-9-8-12-20(22(18)27)26-15-13-25(4)14-16-26;1-5(2,3)7-4-6;1-2/h5-12,17H,13-16H2,1-4H3;4H,1-3H3;1-2H3. The summed E-state index contributed by atoms with van der Waals surface area (Å²) in [5.74, 6) is 0. The number of carbonyl (C=O) groups excluding carboxylic acids is 2. The number of ether oxygens (including phenoxy) is 2. The molecule has 2 heterocycles. The third-order valence-corrected chi connectivity index (χ3v) is 6.57. The highest BCUT2D eigenvalue weighted by Crippen LogP contribution is 2.37. The van der Waals surface area contributed by atoms with Crippen LogP contribution in [0, 0.1) is 0 Å². The zero-order chi connectivity index (χ0) is 29.2. The van der Waals surface area contributed by atoms with E-state index in [-0.39, 0.29) is 11.7 Å². The number of hydrogen-bond acceptors (Lipinski definition) is 7. The van der Waals surface area contributed by atoms with E-state index in [1.165, 1.54) is 0 Å². The number of piperazine rings is 1. The lowest BCUT2D eigenvalue weighted by molar-refractivity contribution is -0.138. The van der Waals surface area contributed by atoms with Crippen molar-refractivity contribution in [2.75, 3.05) is 38.1 Å². The number of anilines is 1. The fraction of sp³-hybridized carbons (Fsp3) is 0.484. The van der Waals surface area contributed by atoms with Crippen LogP contribution in [0.15, 0.2) is 64.5 Å². The smallest absolute Gasteiger partial charge is 0.419 e. The second-order valence-corrected chi connectivity index (χ2v) is 12.1. The highest BCUT2D eigenvalue weighted by Gasteiger charge is 2.26. The normalized spacial score (nSPS) is 14.0. The number of likely N-dealkylation sites (N-methyl/N-ethyl adjacent to an activating group) is 1. The monoisotopic (exact) mass is 555 g/mol. The molecule has 0 spiro atoms. The van der Waals surface area contributed by atoms with E-state index < -0.39 is 5.60 Å². The van der Waals surface area contributed by atoms with Crippen molar-refractivity contribution in [3.63, 3.8) is 0 Å². The Morgan fingerprint density at radius 1 is 0.872 bits per heavy atom. The van der Waals surface area contributed by atoms with Crippen LogP contribution >= 0.6 is 11.8 Å². The van der Waals surface area contributed by atoms with Crippen molar-refractivity contribution in [1.82, 2.24) is 9.47 Å². The van der Waals surface area contributed by atoms with E-state index in [1.807, 2.05) is 73.6 Å². The van der Waals surface area contributed by atoms with Gasteiger partial charge in [-0.05, 0) is 72.9 Å².